The normalized spacial score (nSPS) is 15.4. The van der Waals surface area contributed by atoms with Crippen molar-refractivity contribution in [2.75, 3.05) is 18.1 Å². The van der Waals surface area contributed by atoms with Gasteiger partial charge in [0.2, 0.25) is 17.7 Å². The Morgan fingerprint density at radius 3 is 2.61 bits per heavy atom. The molecular weight excluding hydrogens is 418 g/mol. The third-order valence-electron chi connectivity index (χ3n) is 5.45. The molecule has 1 aliphatic rings. The average Bonchev–Trinajstić information content (AvgIpc) is 3.24. The minimum absolute atomic E-state index is 0.0557. The number of carbonyl (C=O) groups is 2. The first-order valence-electron chi connectivity index (χ1n) is 11.0. The van der Waals surface area contributed by atoms with Crippen LogP contribution in [0.3, 0.4) is 0 Å². The van der Waals surface area contributed by atoms with Gasteiger partial charge in [0.25, 0.3) is 0 Å². The zero-order valence-corrected chi connectivity index (χ0v) is 18.6. The van der Waals surface area contributed by atoms with E-state index in [1.54, 1.807) is 11.1 Å². The number of benzene rings is 2. The van der Waals surface area contributed by atoms with Crippen molar-refractivity contribution in [3.63, 3.8) is 0 Å². The fourth-order valence-electron chi connectivity index (χ4n) is 3.73. The van der Waals surface area contributed by atoms with Gasteiger partial charge in [-0.15, -0.1) is 0 Å². The van der Waals surface area contributed by atoms with Crippen molar-refractivity contribution in [2.24, 2.45) is 5.92 Å². The highest BCUT2D eigenvalue weighted by molar-refractivity contribution is 6.00. The number of ether oxygens (including phenoxy) is 2. The van der Waals surface area contributed by atoms with Crippen LogP contribution in [0.4, 0.5) is 5.69 Å². The third kappa shape index (κ3) is 5.88. The van der Waals surface area contributed by atoms with E-state index in [0.717, 1.165) is 22.6 Å². The van der Waals surface area contributed by atoms with Crippen LogP contribution in [-0.4, -0.2) is 29.9 Å². The predicted octanol–water partition coefficient (Wildman–Crippen LogP) is 3.73. The van der Waals surface area contributed by atoms with Gasteiger partial charge in [0, 0.05) is 37.5 Å². The van der Waals surface area contributed by atoms with Gasteiger partial charge in [-0.05, 0) is 48.4 Å². The Labute approximate surface area is 193 Å². The van der Waals surface area contributed by atoms with Gasteiger partial charge in [-0.3, -0.25) is 9.59 Å². The van der Waals surface area contributed by atoms with Crippen molar-refractivity contribution in [3.05, 3.63) is 84.1 Å². The topological polar surface area (TPSA) is 80.8 Å². The van der Waals surface area contributed by atoms with E-state index in [4.69, 9.17) is 9.47 Å². The highest BCUT2D eigenvalue weighted by atomic mass is 16.5. The van der Waals surface area contributed by atoms with E-state index in [-0.39, 0.29) is 24.2 Å². The monoisotopic (exact) mass is 445 g/mol. The highest BCUT2D eigenvalue weighted by Gasteiger charge is 2.35. The summed E-state index contributed by atoms with van der Waals surface area (Å²) in [6.45, 7) is 3.64. The lowest BCUT2D eigenvalue weighted by Crippen LogP contribution is -2.32. The van der Waals surface area contributed by atoms with Gasteiger partial charge in [0.05, 0.1) is 12.5 Å². The van der Waals surface area contributed by atoms with E-state index in [9.17, 15) is 9.59 Å². The molecule has 0 bridgehead atoms. The van der Waals surface area contributed by atoms with Crippen molar-refractivity contribution in [1.29, 1.82) is 0 Å². The quantitative estimate of drug-likeness (QED) is 0.543. The first-order valence-corrected chi connectivity index (χ1v) is 11.0. The molecular formula is C26H27N3O4. The summed E-state index contributed by atoms with van der Waals surface area (Å²) in [6, 6.07) is 20.9. The molecule has 4 rings (SSSR count). The number of rotatable bonds is 9. The Hall–Kier alpha value is -3.87. The van der Waals surface area contributed by atoms with E-state index in [1.165, 1.54) is 0 Å². The second-order valence-corrected chi connectivity index (χ2v) is 7.83. The Bertz CT molecular complexity index is 1090. The van der Waals surface area contributed by atoms with E-state index < -0.39 is 0 Å². The maximum atomic E-state index is 12.7. The molecule has 3 aromatic rings. The van der Waals surface area contributed by atoms with Crippen LogP contribution in [0, 0.1) is 5.92 Å². The molecule has 1 atom stereocenters. The zero-order chi connectivity index (χ0) is 23.0. The molecule has 7 heteroatoms. The first-order chi connectivity index (χ1) is 16.1. The molecule has 0 aliphatic carbocycles. The number of nitrogens with zero attached hydrogens (tertiary/aromatic N) is 2. The minimum atomic E-state index is -0.389. The summed E-state index contributed by atoms with van der Waals surface area (Å²) in [6.07, 6.45) is 1.86. The molecule has 1 aromatic heterocycles. The highest BCUT2D eigenvalue weighted by Crippen LogP contribution is 2.27. The van der Waals surface area contributed by atoms with Crippen LogP contribution in [-0.2, 0) is 22.7 Å². The Kier molecular flexibility index (Phi) is 7.19. The summed E-state index contributed by atoms with van der Waals surface area (Å²) in [4.78, 5) is 31.1. The Morgan fingerprint density at radius 1 is 1.06 bits per heavy atom. The second kappa shape index (κ2) is 10.6. The molecule has 1 aliphatic heterocycles. The van der Waals surface area contributed by atoms with Gasteiger partial charge in [-0.25, -0.2) is 4.98 Å². The molecule has 0 saturated carbocycles. The van der Waals surface area contributed by atoms with Gasteiger partial charge in [0.15, 0.2) is 0 Å². The van der Waals surface area contributed by atoms with Crippen molar-refractivity contribution in [2.45, 2.75) is 26.5 Å². The largest absolute Gasteiger partial charge is 0.494 e. The van der Waals surface area contributed by atoms with Gasteiger partial charge in [-0.1, -0.05) is 30.3 Å². The predicted molar refractivity (Wildman–Crippen MR) is 125 cm³/mol. The van der Waals surface area contributed by atoms with Crippen LogP contribution in [0.5, 0.6) is 11.6 Å². The fraction of sp³-hybridized carbons (Fsp3) is 0.269. The lowest BCUT2D eigenvalue weighted by Gasteiger charge is -2.17. The number of nitrogens with one attached hydrogen (secondary N) is 1. The maximum Gasteiger partial charge on any atom is 0.227 e. The maximum absolute atomic E-state index is 12.7. The van der Waals surface area contributed by atoms with E-state index in [1.807, 2.05) is 73.7 Å². The number of anilines is 1. The van der Waals surface area contributed by atoms with Crippen LogP contribution in [0.25, 0.3) is 0 Å². The van der Waals surface area contributed by atoms with E-state index >= 15 is 0 Å². The van der Waals surface area contributed by atoms with E-state index in [2.05, 4.69) is 10.3 Å². The average molecular weight is 446 g/mol. The molecule has 0 spiro atoms. The summed E-state index contributed by atoms with van der Waals surface area (Å²) in [7, 11) is 0. The van der Waals surface area contributed by atoms with Crippen molar-refractivity contribution < 1.29 is 19.1 Å². The Balaban J connectivity index is 1.29. The molecule has 0 radical (unpaired) electrons. The van der Waals surface area contributed by atoms with Crippen molar-refractivity contribution in [3.8, 4) is 11.6 Å². The molecule has 1 saturated heterocycles. The molecule has 1 fully saturated rings. The lowest BCUT2D eigenvalue weighted by atomic mass is 10.1. The molecule has 7 nitrogen and oxygen atoms in total. The summed E-state index contributed by atoms with van der Waals surface area (Å²) >= 11 is 0. The first kappa shape index (κ1) is 22.3. The molecule has 2 aromatic carbocycles. The summed E-state index contributed by atoms with van der Waals surface area (Å²) in [5.74, 6) is 0.676. The third-order valence-corrected chi connectivity index (χ3v) is 5.45. The molecule has 2 heterocycles. The van der Waals surface area contributed by atoms with Crippen molar-refractivity contribution in [1.82, 2.24) is 10.3 Å². The van der Waals surface area contributed by atoms with Crippen molar-refractivity contribution >= 4 is 17.5 Å². The molecule has 1 unspecified atom stereocenters. The van der Waals surface area contributed by atoms with E-state index in [0.29, 0.717) is 32.2 Å². The smallest absolute Gasteiger partial charge is 0.227 e. The van der Waals surface area contributed by atoms with Gasteiger partial charge >= 0.3 is 0 Å². The number of pyridine rings is 1. The van der Waals surface area contributed by atoms with Gasteiger partial charge in [-0.2, -0.15) is 0 Å². The lowest BCUT2D eigenvalue weighted by molar-refractivity contribution is -0.126. The second-order valence-electron chi connectivity index (χ2n) is 7.83. The van der Waals surface area contributed by atoms with Crippen LogP contribution >= 0.6 is 0 Å². The minimum Gasteiger partial charge on any atom is -0.494 e. The molecule has 170 valence electrons. The van der Waals surface area contributed by atoms with Gasteiger partial charge in [0.1, 0.15) is 12.4 Å². The standard InChI is InChI=1S/C26H27N3O4/c1-2-32-23-10-8-22(9-11-23)29-17-21(15-25(29)30)26(31)28-16-20-12-13-27-24(14-20)33-18-19-6-4-3-5-7-19/h3-14,21H,2,15-18H2,1H3,(H,28,31). The number of carbonyl (C=O) groups excluding carboxylic acids is 2. The van der Waals surface area contributed by atoms with Crippen LogP contribution in [0.2, 0.25) is 0 Å². The van der Waals surface area contributed by atoms with Crippen LogP contribution in [0.15, 0.2) is 72.9 Å². The molecule has 33 heavy (non-hydrogen) atoms. The van der Waals surface area contributed by atoms with Gasteiger partial charge < -0.3 is 19.7 Å². The molecule has 1 N–H and O–H groups in total. The van der Waals surface area contributed by atoms with Crippen LogP contribution < -0.4 is 19.7 Å². The Morgan fingerprint density at radius 2 is 1.85 bits per heavy atom. The number of amides is 2. The zero-order valence-electron chi connectivity index (χ0n) is 18.6. The SMILES string of the molecule is CCOc1ccc(N2CC(C(=O)NCc3ccnc(OCc4ccccc4)c3)CC2=O)cc1. The number of aromatic nitrogens is 1. The fourth-order valence-corrected chi connectivity index (χ4v) is 3.73. The summed E-state index contributed by atoms with van der Waals surface area (Å²) in [5, 5.41) is 2.94. The molecule has 2 amide bonds. The number of hydrogen-bond donors (Lipinski definition) is 1. The summed E-state index contributed by atoms with van der Waals surface area (Å²) in [5.41, 5.74) is 2.71. The van der Waals surface area contributed by atoms with Crippen LogP contribution in [0.1, 0.15) is 24.5 Å². The summed E-state index contributed by atoms with van der Waals surface area (Å²) < 4.78 is 11.2. The number of hydrogen-bond acceptors (Lipinski definition) is 5.